The molecule has 20 heavy (non-hydrogen) atoms. The number of rotatable bonds is 4. The molecule has 2 amide bonds. The fraction of sp³-hybridized carbons (Fsp3) is 0.0769. The van der Waals surface area contributed by atoms with Gasteiger partial charge in [-0.2, -0.15) is 5.10 Å². The maximum absolute atomic E-state index is 11.5. The number of carbonyl (C=O) groups is 2. The summed E-state index contributed by atoms with van der Waals surface area (Å²) in [5.74, 6) is -1.56. The number of nitrogens with zero attached hydrogens (tertiary/aromatic N) is 2. The first kappa shape index (κ1) is 13.9. The Morgan fingerprint density at radius 2 is 2.15 bits per heavy atom. The van der Waals surface area contributed by atoms with Gasteiger partial charge >= 0.3 is 11.8 Å². The van der Waals surface area contributed by atoms with Crippen molar-refractivity contribution in [1.82, 2.24) is 15.7 Å². The van der Waals surface area contributed by atoms with Crippen LogP contribution in [0.4, 0.5) is 0 Å². The molecule has 0 aliphatic rings. The van der Waals surface area contributed by atoms with E-state index in [4.69, 9.17) is 0 Å². The number of hydrogen-bond acceptors (Lipinski definition) is 5. The van der Waals surface area contributed by atoms with Crippen LogP contribution in [-0.4, -0.2) is 23.0 Å². The first-order valence-electron chi connectivity index (χ1n) is 5.80. The van der Waals surface area contributed by atoms with Crippen LogP contribution in [0, 0.1) is 0 Å². The van der Waals surface area contributed by atoms with Gasteiger partial charge in [-0.15, -0.1) is 11.3 Å². The topological polar surface area (TPSA) is 83.5 Å². The highest BCUT2D eigenvalue weighted by Gasteiger charge is 2.11. The van der Waals surface area contributed by atoms with Crippen LogP contribution in [0.5, 0.6) is 0 Å². The molecule has 0 radical (unpaired) electrons. The van der Waals surface area contributed by atoms with Gasteiger partial charge in [-0.05, 0) is 23.6 Å². The van der Waals surface area contributed by atoms with Gasteiger partial charge in [-0.1, -0.05) is 12.1 Å². The summed E-state index contributed by atoms with van der Waals surface area (Å²) in [5.41, 5.74) is 2.84. The Morgan fingerprint density at radius 3 is 2.85 bits per heavy atom. The third-order valence-corrected chi connectivity index (χ3v) is 3.07. The normalized spacial score (nSPS) is 10.4. The molecule has 2 N–H and O–H groups in total. The molecule has 0 bridgehead atoms. The van der Waals surface area contributed by atoms with Crippen molar-refractivity contribution in [2.45, 2.75) is 6.54 Å². The van der Waals surface area contributed by atoms with Gasteiger partial charge in [0.25, 0.3) is 0 Å². The quantitative estimate of drug-likeness (QED) is 0.498. The van der Waals surface area contributed by atoms with E-state index in [0.717, 1.165) is 4.88 Å². The Hall–Kier alpha value is -2.54. The van der Waals surface area contributed by atoms with Crippen LogP contribution in [0.3, 0.4) is 0 Å². The van der Waals surface area contributed by atoms with Crippen LogP contribution >= 0.6 is 11.3 Å². The molecule has 0 aliphatic carbocycles. The van der Waals surface area contributed by atoms with E-state index in [2.05, 4.69) is 20.8 Å². The zero-order chi connectivity index (χ0) is 14.2. The van der Waals surface area contributed by atoms with E-state index in [9.17, 15) is 9.59 Å². The predicted molar refractivity (Wildman–Crippen MR) is 76.1 cm³/mol. The van der Waals surface area contributed by atoms with E-state index >= 15 is 0 Å². The average molecular weight is 288 g/mol. The van der Waals surface area contributed by atoms with Gasteiger partial charge in [0, 0.05) is 11.1 Å². The highest BCUT2D eigenvalue weighted by atomic mass is 32.1. The molecule has 0 saturated heterocycles. The van der Waals surface area contributed by atoms with Crippen molar-refractivity contribution in [3.05, 3.63) is 52.5 Å². The van der Waals surface area contributed by atoms with Crippen molar-refractivity contribution in [2.75, 3.05) is 0 Å². The van der Waals surface area contributed by atoms with Crippen molar-refractivity contribution >= 4 is 29.4 Å². The number of aromatic nitrogens is 1. The molecular formula is C13H12N4O2S. The lowest BCUT2D eigenvalue weighted by Gasteiger charge is -2.02. The maximum Gasteiger partial charge on any atom is 0.329 e. The molecule has 0 unspecified atom stereocenters. The summed E-state index contributed by atoms with van der Waals surface area (Å²) in [6.07, 6.45) is 3.10. The molecule has 2 aromatic heterocycles. The van der Waals surface area contributed by atoms with Crippen LogP contribution in [-0.2, 0) is 16.1 Å². The third-order valence-electron chi connectivity index (χ3n) is 2.26. The number of carbonyl (C=O) groups excluding carboxylic acids is 2. The van der Waals surface area contributed by atoms with Gasteiger partial charge in [0.15, 0.2) is 0 Å². The van der Waals surface area contributed by atoms with E-state index < -0.39 is 11.8 Å². The Bertz CT molecular complexity index is 596. The Morgan fingerprint density at radius 1 is 1.25 bits per heavy atom. The predicted octanol–water partition coefficient (Wildman–Crippen LogP) is 0.910. The molecule has 2 rings (SSSR count). The summed E-state index contributed by atoms with van der Waals surface area (Å²) in [5, 5.41) is 8.05. The molecule has 6 nitrogen and oxygen atoms in total. The van der Waals surface area contributed by atoms with Crippen LogP contribution in [0.1, 0.15) is 10.6 Å². The Kier molecular flexibility index (Phi) is 4.96. The van der Waals surface area contributed by atoms with Crippen LogP contribution in [0.2, 0.25) is 0 Å². The summed E-state index contributed by atoms with van der Waals surface area (Å²) in [7, 11) is 0. The van der Waals surface area contributed by atoms with Crippen LogP contribution < -0.4 is 10.7 Å². The number of hydrazone groups is 1. The highest BCUT2D eigenvalue weighted by Crippen LogP contribution is 2.03. The largest absolute Gasteiger partial charge is 0.342 e. The van der Waals surface area contributed by atoms with E-state index in [0.29, 0.717) is 5.69 Å². The summed E-state index contributed by atoms with van der Waals surface area (Å²) in [6.45, 7) is 0.196. The number of thiophene rings is 1. The first-order valence-corrected chi connectivity index (χ1v) is 6.68. The second kappa shape index (κ2) is 7.15. The average Bonchev–Trinajstić information content (AvgIpc) is 2.99. The van der Waals surface area contributed by atoms with Gasteiger partial charge in [0.1, 0.15) is 0 Å². The minimum atomic E-state index is -0.811. The second-order valence-electron chi connectivity index (χ2n) is 3.72. The van der Waals surface area contributed by atoms with E-state index in [1.54, 1.807) is 24.4 Å². The summed E-state index contributed by atoms with van der Waals surface area (Å²) in [4.78, 5) is 27.8. The molecule has 102 valence electrons. The summed E-state index contributed by atoms with van der Waals surface area (Å²) >= 11 is 1.48. The zero-order valence-corrected chi connectivity index (χ0v) is 11.3. The maximum atomic E-state index is 11.5. The lowest BCUT2D eigenvalue weighted by atomic mass is 10.3. The van der Waals surface area contributed by atoms with Crippen molar-refractivity contribution in [3.63, 3.8) is 0 Å². The summed E-state index contributed by atoms with van der Waals surface area (Å²) < 4.78 is 0. The molecule has 0 fully saturated rings. The molecule has 0 aliphatic heterocycles. The van der Waals surface area contributed by atoms with Crippen molar-refractivity contribution in [3.8, 4) is 0 Å². The van der Waals surface area contributed by atoms with Crippen molar-refractivity contribution < 1.29 is 9.59 Å². The molecule has 2 heterocycles. The van der Waals surface area contributed by atoms with Crippen LogP contribution in [0.25, 0.3) is 0 Å². The molecule has 0 spiro atoms. The second-order valence-corrected chi connectivity index (χ2v) is 4.70. The number of amides is 2. The minimum Gasteiger partial charge on any atom is -0.342 e. The molecule has 7 heteroatoms. The lowest BCUT2D eigenvalue weighted by molar-refractivity contribution is -0.139. The molecular weight excluding hydrogens is 276 g/mol. The minimum absolute atomic E-state index is 0.196. The smallest absolute Gasteiger partial charge is 0.329 e. The third kappa shape index (κ3) is 4.29. The van der Waals surface area contributed by atoms with Crippen molar-refractivity contribution in [2.24, 2.45) is 5.10 Å². The van der Waals surface area contributed by atoms with E-state index in [1.807, 2.05) is 17.5 Å². The van der Waals surface area contributed by atoms with Gasteiger partial charge in [0.2, 0.25) is 0 Å². The van der Waals surface area contributed by atoms with E-state index in [1.165, 1.54) is 17.6 Å². The van der Waals surface area contributed by atoms with Gasteiger partial charge in [-0.3, -0.25) is 14.6 Å². The zero-order valence-electron chi connectivity index (χ0n) is 10.4. The Labute approximate surface area is 119 Å². The standard InChI is InChI=1S/C13H12N4O2S/c18-12(15-8-10-4-1-2-6-14-10)13(19)17-16-9-11-5-3-7-20-11/h1-7,9H,8H2,(H,15,18)(H,17,19)/b16-9-. The SMILES string of the molecule is O=C(NCc1ccccn1)C(=O)N/N=C\c1cccs1. The lowest BCUT2D eigenvalue weighted by Crippen LogP contribution is -2.37. The highest BCUT2D eigenvalue weighted by molar-refractivity contribution is 7.11. The molecule has 2 aromatic rings. The first-order chi connectivity index (χ1) is 9.75. The molecule has 0 saturated carbocycles. The van der Waals surface area contributed by atoms with Crippen LogP contribution in [0.15, 0.2) is 47.0 Å². The Balaban J connectivity index is 1.76. The molecule has 0 aromatic carbocycles. The molecule has 0 atom stereocenters. The number of pyridine rings is 1. The monoisotopic (exact) mass is 288 g/mol. The number of hydrogen-bond donors (Lipinski definition) is 2. The van der Waals surface area contributed by atoms with Gasteiger partial charge in [0.05, 0.1) is 18.5 Å². The van der Waals surface area contributed by atoms with Crippen molar-refractivity contribution in [1.29, 1.82) is 0 Å². The fourth-order valence-corrected chi connectivity index (χ4v) is 1.91. The van der Waals surface area contributed by atoms with E-state index in [-0.39, 0.29) is 6.54 Å². The summed E-state index contributed by atoms with van der Waals surface area (Å²) in [6, 6.07) is 9.05. The van der Waals surface area contributed by atoms with Gasteiger partial charge < -0.3 is 5.32 Å². The van der Waals surface area contributed by atoms with Gasteiger partial charge in [-0.25, -0.2) is 5.43 Å². The fourth-order valence-electron chi connectivity index (χ4n) is 1.32. The number of nitrogens with one attached hydrogen (secondary N) is 2.